The number of rotatable bonds is 2. The van der Waals surface area contributed by atoms with E-state index in [9.17, 15) is 14.9 Å². The number of nitrogens with one attached hydrogen (secondary N) is 1. The lowest BCUT2D eigenvalue weighted by molar-refractivity contribution is -0.384. The molecule has 0 aliphatic carbocycles. The molecule has 0 saturated heterocycles. The van der Waals surface area contributed by atoms with Gasteiger partial charge in [0.1, 0.15) is 4.70 Å². The van der Waals surface area contributed by atoms with Gasteiger partial charge in [-0.2, -0.15) is 0 Å². The van der Waals surface area contributed by atoms with E-state index in [1.807, 2.05) is 6.92 Å². The van der Waals surface area contributed by atoms with Gasteiger partial charge in [0.15, 0.2) is 0 Å². The van der Waals surface area contributed by atoms with Crippen molar-refractivity contribution in [2.24, 2.45) is 0 Å². The van der Waals surface area contributed by atoms with Crippen LogP contribution in [0, 0.1) is 17.0 Å². The quantitative estimate of drug-likeness (QED) is 0.579. The summed E-state index contributed by atoms with van der Waals surface area (Å²) in [6.07, 6.45) is 1.33. The molecular formula is C13H9N3O3S. The Morgan fingerprint density at radius 2 is 2.15 bits per heavy atom. The summed E-state index contributed by atoms with van der Waals surface area (Å²) in [4.78, 5) is 29.6. The summed E-state index contributed by atoms with van der Waals surface area (Å²) >= 11 is 1.21. The van der Waals surface area contributed by atoms with Gasteiger partial charge in [-0.1, -0.05) is 6.07 Å². The highest BCUT2D eigenvalue weighted by molar-refractivity contribution is 7.22. The second-order valence-corrected chi connectivity index (χ2v) is 5.39. The monoisotopic (exact) mass is 287 g/mol. The van der Waals surface area contributed by atoms with Crippen LogP contribution in [0.25, 0.3) is 20.7 Å². The summed E-state index contributed by atoms with van der Waals surface area (Å²) in [5.41, 5.74) is 1.77. The molecule has 0 spiro atoms. The van der Waals surface area contributed by atoms with Crippen molar-refractivity contribution in [2.45, 2.75) is 6.92 Å². The van der Waals surface area contributed by atoms with E-state index in [4.69, 9.17) is 0 Å². The fourth-order valence-corrected chi connectivity index (χ4v) is 3.04. The van der Waals surface area contributed by atoms with Gasteiger partial charge in [-0.25, -0.2) is 4.98 Å². The Bertz CT molecular complexity index is 882. The number of nitro benzene ring substituents is 1. The zero-order chi connectivity index (χ0) is 14.3. The van der Waals surface area contributed by atoms with E-state index in [2.05, 4.69) is 9.97 Å². The fourth-order valence-electron chi connectivity index (χ4n) is 2.01. The van der Waals surface area contributed by atoms with E-state index in [0.29, 0.717) is 20.7 Å². The van der Waals surface area contributed by atoms with Crippen LogP contribution in [0.4, 0.5) is 5.69 Å². The van der Waals surface area contributed by atoms with Crippen molar-refractivity contribution in [3.8, 4) is 10.4 Å². The Balaban J connectivity index is 2.30. The van der Waals surface area contributed by atoms with E-state index < -0.39 is 4.92 Å². The zero-order valence-corrected chi connectivity index (χ0v) is 11.2. The first-order chi connectivity index (χ1) is 9.56. The van der Waals surface area contributed by atoms with Gasteiger partial charge >= 0.3 is 0 Å². The summed E-state index contributed by atoms with van der Waals surface area (Å²) in [6.45, 7) is 1.87. The summed E-state index contributed by atoms with van der Waals surface area (Å²) < 4.78 is 0.471. The second kappa shape index (κ2) is 4.53. The lowest BCUT2D eigenvalue weighted by Gasteiger charge is -2.01. The number of H-pyrrole nitrogens is 1. The molecule has 7 heteroatoms. The molecule has 0 fully saturated rings. The molecule has 0 atom stereocenters. The van der Waals surface area contributed by atoms with Crippen LogP contribution in [0.15, 0.2) is 35.4 Å². The number of nitrogens with zero attached hydrogens (tertiary/aromatic N) is 2. The third-order valence-corrected chi connectivity index (χ3v) is 4.09. The Morgan fingerprint density at radius 3 is 2.85 bits per heavy atom. The number of hydrogen-bond acceptors (Lipinski definition) is 5. The van der Waals surface area contributed by atoms with Crippen molar-refractivity contribution in [1.29, 1.82) is 0 Å². The Hall–Kier alpha value is -2.54. The molecule has 20 heavy (non-hydrogen) atoms. The third kappa shape index (κ3) is 1.97. The Morgan fingerprint density at radius 1 is 1.35 bits per heavy atom. The first-order valence-corrected chi connectivity index (χ1v) is 6.60. The Labute approximate surface area is 116 Å². The average Bonchev–Trinajstić information content (AvgIpc) is 2.83. The number of hydrogen-bond donors (Lipinski definition) is 1. The standard InChI is InChI=1S/C13H9N3O3S/c1-7-2-3-10(16(18)19)8(4-7)11-5-9-12(20-11)13(17)15-6-14-9/h2-6H,1H3,(H,14,15,17). The molecule has 1 aromatic carbocycles. The van der Waals surface area contributed by atoms with Crippen LogP contribution < -0.4 is 5.56 Å². The van der Waals surface area contributed by atoms with E-state index in [1.165, 1.54) is 23.7 Å². The van der Waals surface area contributed by atoms with Gasteiger partial charge in [-0.05, 0) is 24.6 Å². The molecule has 2 aromatic heterocycles. The number of nitro groups is 1. The summed E-state index contributed by atoms with van der Waals surface area (Å²) in [5, 5.41) is 11.1. The molecule has 6 nitrogen and oxygen atoms in total. The van der Waals surface area contributed by atoms with Crippen LogP contribution in [0.5, 0.6) is 0 Å². The van der Waals surface area contributed by atoms with Gasteiger partial charge in [-0.15, -0.1) is 11.3 Å². The van der Waals surface area contributed by atoms with E-state index >= 15 is 0 Å². The van der Waals surface area contributed by atoms with E-state index in [-0.39, 0.29) is 11.2 Å². The topological polar surface area (TPSA) is 88.9 Å². The maximum absolute atomic E-state index is 11.7. The third-order valence-electron chi connectivity index (χ3n) is 2.93. The Kier molecular flexibility index (Phi) is 2.83. The predicted molar refractivity (Wildman–Crippen MR) is 77.1 cm³/mol. The number of aromatic nitrogens is 2. The van der Waals surface area contributed by atoms with Crippen molar-refractivity contribution in [3.05, 3.63) is 56.6 Å². The second-order valence-electron chi connectivity index (χ2n) is 4.33. The van der Waals surface area contributed by atoms with Gasteiger partial charge in [-0.3, -0.25) is 14.9 Å². The molecule has 0 bridgehead atoms. The lowest BCUT2D eigenvalue weighted by Crippen LogP contribution is -2.02. The summed E-state index contributed by atoms with van der Waals surface area (Å²) in [5.74, 6) is 0. The van der Waals surface area contributed by atoms with Crippen molar-refractivity contribution >= 4 is 27.2 Å². The molecule has 0 amide bonds. The van der Waals surface area contributed by atoms with Gasteiger partial charge in [0.25, 0.3) is 11.2 Å². The zero-order valence-electron chi connectivity index (χ0n) is 10.4. The molecule has 0 aliphatic heterocycles. The molecular weight excluding hydrogens is 278 g/mol. The van der Waals surface area contributed by atoms with Crippen molar-refractivity contribution < 1.29 is 4.92 Å². The van der Waals surface area contributed by atoms with Crippen molar-refractivity contribution in [2.75, 3.05) is 0 Å². The predicted octanol–water partition coefficient (Wildman–Crippen LogP) is 2.87. The van der Waals surface area contributed by atoms with Crippen molar-refractivity contribution in [3.63, 3.8) is 0 Å². The van der Waals surface area contributed by atoms with Gasteiger partial charge in [0.05, 0.1) is 22.3 Å². The number of fused-ring (bicyclic) bond motifs is 1. The highest BCUT2D eigenvalue weighted by Crippen LogP contribution is 2.36. The van der Waals surface area contributed by atoms with E-state index in [1.54, 1.807) is 18.2 Å². The van der Waals surface area contributed by atoms with E-state index in [0.717, 1.165) is 5.56 Å². The van der Waals surface area contributed by atoms with Crippen LogP contribution >= 0.6 is 11.3 Å². The summed E-state index contributed by atoms with van der Waals surface area (Å²) in [7, 11) is 0. The first kappa shape index (κ1) is 12.5. The van der Waals surface area contributed by atoms with Gasteiger partial charge in [0.2, 0.25) is 0 Å². The largest absolute Gasteiger partial charge is 0.312 e. The normalized spacial score (nSPS) is 10.8. The van der Waals surface area contributed by atoms with Crippen LogP contribution in [0.1, 0.15) is 5.56 Å². The number of thiophene rings is 1. The molecule has 2 heterocycles. The van der Waals surface area contributed by atoms with Crippen LogP contribution in [0.2, 0.25) is 0 Å². The molecule has 0 radical (unpaired) electrons. The minimum atomic E-state index is -0.420. The highest BCUT2D eigenvalue weighted by atomic mass is 32.1. The smallest absolute Gasteiger partial charge is 0.278 e. The molecule has 100 valence electrons. The van der Waals surface area contributed by atoms with Crippen molar-refractivity contribution in [1.82, 2.24) is 9.97 Å². The molecule has 3 rings (SSSR count). The molecule has 0 aliphatic rings. The fraction of sp³-hybridized carbons (Fsp3) is 0.0769. The number of aryl methyl sites for hydroxylation is 1. The summed E-state index contributed by atoms with van der Waals surface area (Å²) in [6, 6.07) is 6.63. The molecule has 1 N–H and O–H groups in total. The highest BCUT2D eigenvalue weighted by Gasteiger charge is 2.18. The number of aromatic amines is 1. The maximum atomic E-state index is 11.7. The lowest BCUT2D eigenvalue weighted by atomic mass is 10.1. The van der Waals surface area contributed by atoms with Gasteiger partial charge in [0, 0.05) is 10.9 Å². The molecule has 3 aromatic rings. The molecule has 0 unspecified atom stereocenters. The SMILES string of the molecule is Cc1ccc([N+](=O)[O-])c(-c2cc3nc[nH]c(=O)c3s2)c1. The minimum Gasteiger partial charge on any atom is -0.312 e. The molecule has 0 saturated carbocycles. The van der Waals surface area contributed by atoms with Crippen LogP contribution in [-0.4, -0.2) is 14.9 Å². The van der Waals surface area contributed by atoms with Gasteiger partial charge < -0.3 is 4.98 Å². The average molecular weight is 287 g/mol. The minimum absolute atomic E-state index is 0.0265. The van der Waals surface area contributed by atoms with Crippen LogP contribution in [0.3, 0.4) is 0 Å². The van der Waals surface area contributed by atoms with Crippen LogP contribution in [-0.2, 0) is 0 Å². The first-order valence-electron chi connectivity index (χ1n) is 5.79. The number of benzene rings is 1. The maximum Gasteiger partial charge on any atom is 0.278 e.